The predicted molar refractivity (Wildman–Crippen MR) is 119 cm³/mol. The van der Waals surface area contributed by atoms with Crippen molar-refractivity contribution in [3.05, 3.63) is 35.9 Å². The molecule has 0 radical (unpaired) electrons. The number of aliphatic carboxylic acids is 1. The van der Waals surface area contributed by atoms with Crippen LogP contribution in [-0.4, -0.2) is 28.1 Å². The molecule has 4 atom stereocenters. The van der Waals surface area contributed by atoms with Gasteiger partial charge in [-0.15, -0.1) is 5.92 Å². The van der Waals surface area contributed by atoms with Crippen LogP contribution in [0.1, 0.15) is 89.0 Å². The van der Waals surface area contributed by atoms with Crippen LogP contribution in [0, 0.1) is 23.7 Å². The summed E-state index contributed by atoms with van der Waals surface area (Å²) in [5.74, 6) is 5.49. The van der Waals surface area contributed by atoms with E-state index in [9.17, 15) is 19.8 Å². The first-order chi connectivity index (χ1) is 14.5. The van der Waals surface area contributed by atoms with Crippen molar-refractivity contribution in [1.29, 1.82) is 0 Å². The first kappa shape index (κ1) is 24.2. The number of aliphatic hydroxyl groups is 1. The lowest BCUT2D eigenvalue weighted by Crippen LogP contribution is -2.17. The zero-order valence-electron chi connectivity index (χ0n) is 18.2. The molecule has 1 saturated carbocycles. The number of carboxylic acid groups (broad SMARTS) is 1. The van der Waals surface area contributed by atoms with Crippen LogP contribution in [0.2, 0.25) is 0 Å². The second-order valence-electron chi connectivity index (χ2n) is 8.48. The number of carboxylic acids is 1. The molecule has 0 saturated heterocycles. The minimum atomic E-state index is -0.771. The molecule has 0 aliphatic heterocycles. The molecule has 1 fully saturated rings. The van der Waals surface area contributed by atoms with Gasteiger partial charge < -0.3 is 10.2 Å². The monoisotopic (exact) mass is 412 g/mol. The number of hydrogen-bond acceptors (Lipinski definition) is 3. The summed E-state index contributed by atoms with van der Waals surface area (Å²) in [5.41, 5.74) is 0.858. The molecular weight excluding hydrogens is 376 g/mol. The fourth-order valence-electron chi connectivity index (χ4n) is 4.49. The predicted octanol–water partition coefficient (Wildman–Crippen LogP) is 5.35. The molecule has 164 valence electrons. The summed E-state index contributed by atoms with van der Waals surface area (Å²) in [6.07, 6.45) is 8.55. The van der Waals surface area contributed by atoms with E-state index in [4.69, 9.17) is 0 Å². The lowest BCUT2D eigenvalue weighted by molar-refractivity contribution is -0.139. The zero-order valence-corrected chi connectivity index (χ0v) is 18.2. The average Bonchev–Trinajstić information content (AvgIpc) is 3.09. The number of ketones is 1. The van der Waals surface area contributed by atoms with Gasteiger partial charge in [0.25, 0.3) is 0 Å². The molecule has 0 spiro atoms. The van der Waals surface area contributed by atoms with Crippen molar-refractivity contribution in [3.63, 3.8) is 0 Å². The van der Waals surface area contributed by atoms with Crippen molar-refractivity contribution in [2.24, 2.45) is 11.8 Å². The molecule has 0 aromatic heterocycles. The summed E-state index contributed by atoms with van der Waals surface area (Å²) in [7, 11) is 0. The maximum atomic E-state index is 12.3. The van der Waals surface area contributed by atoms with Crippen LogP contribution in [-0.2, 0) is 9.59 Å². The number of unbranched alkanes of at least 4 members (excludes halogenated alkanes) is 3. The Bertz CT molecular complexity index is 716. The van der Waals surface area contributed by atoms with Crippen LogP contribution < -0.4 is 0 Å². The number of rotatable bonds is 12. The Labute approximate surface area is 181 Å². The van der Waals surface area contributed by atoms with Crippen LogP contribution in [0.15, 0.2) is 30.3 Å². The van der Waals surface area contributed by atoms with Gasteiger partial charge in [-0.05, 0) is 50.0 Å². The number of carbonyl (C=O) groups is 2. The van der Waals surface area contributed by atoms with Gasteiger partial charge in [0.2, 0.25) is 0 Å². The Morgan fingerprint density at radius 1 is 1.13 bits per heavy atom. The first-order valence-electron chi connectivity index (χ1n) is 11.5. The highest BCUT2D eigenvalue weighted by Gasteiger charge is 2.33. The SMILES string of the molecule is CCCC#CC(O)CC[C@H]1CCC(=O)[C@@H]1CCCCCC(C(=O)O)c1ccccc1. The molecular formula is C26H36O4. The second kappa shape index (κ2) is 13.2. The number of carbonyl (C=O) groups excluding carboxylic acids is 1. The molecule has 4 nitrogen and oxygen atoms in total. The standard InChI is InChI=1S/C26H36O4/c1-2-3-6-13-22(27)18-16-21-17-19-25(28)23(21)14-9-5-10-15-24(26(29)30)20-11-7-4-8-12-20/h4,7-8,11-12,21-24,27H,2-3,5,9-10,14-19H2,1H3,(H,29,30)/t21-,22?,23+,24?/m0/s1. The number of benzene rings is 1. The van der Waals surface area contributed by atoms with Gasteiger partial charge in [-0.25, -0.2) is 0 Å². The summed E-state index contributed by atoms with van der Waals surface area (Å²) >= 11 is 0. The molecule has 0 amide bonds. The van der Waals surface area contributed by atoms with Gasteiger partial charge in [-0.3, -0.25) is 9.59 Å². The Morgan fingerprint density at radius 3 is 2.60 bits per heavy atom. The summed E-state index contributed by atoms with van der Waals surface area (Å²) in [6.45, 7) is 2.07. The van der Waals surface area contributed by atoms with Crippen LogP contribution in [0.3, 0.4) is 0 Å². The van der Waals surface area contributed by atoms with E-state index in [1.54, 1.807) is 0 Å². The molecule has 1 aromatic rings. The van der Waals surface area contributed by atoms with Crippen LogP contribution in [0.25, 0.3) is 0 Å². The Hall–Kier alpha value is -2.12. The highest BCUT2D eigenvalue weighted by atomic mass is 16.4. The summed E-state index contributed by atoms with van der Waals surface area (Å²) < 4.78 is 0. The third-order valence-corrected chi connectivity index (χ3v) is 6.21. The fraction of sp³-hybridized carbons (Fsp3) is 0.615. The minimum Gasteiger partial charge on any atom is -0.481 e. The van der Waals surface area contributed by atoms with E-state index in [1.807, 2.05) is 30.3 Å². The van der Waals surface area contributed by atoms with Crippen LogP contribution in [0.4, 0.5) is 0 Å². The van der Waals surface area contributed by atoms with Crippen molar-refractivity contribution in [2.45, 2.75) is 89.6 Å². The van der Waals surface area contributed by atoms with Crippen LogP contribution in [0.5, 0.6) is 0 Å². The highest BCUT2D eigenvalue weighted by molar-refractivity contribution is 5.83. The van der Waals surface area contributed by atoms with Gasteiger partial charge in [0, 0.05) is 18.8 Å². The van der Waals surface area contributed by atoms with Crippen molar-refractivity contribution in [2.75, 3.05) is 0 Å². The summed E-state index contributed by atoms with van der Waals surface area (Å²) in [5, 5.41) is 19.5. The largest absolute Gasteiger partial charge is 0.481 e. The second-order valence-corrected chi connectivity index (χ2v) is 8.48. The third kappa shape index (κ3) is 7.95. The van der Waals surface area contributed by atoms with Gasteiger partial charge in [0.05, 0.1) is 5.92 Å². The van der Waals surface area contributed by atoms with E-state index < -0.39 is 18.0 Å². The lowest BCUT2D eigenvalue weighted by atomic mass is 9.86. The van der Waals surface area contributed by atoms with E-state index in [1.165, 1.54) is 0 Å². The van der Waals surface area contributed by atoms with Gasteiger partial charge >= 0.3 is 5.97 Å². The van der Waals surface area contributed by atoms with Gasteiger partial charge in [0.1, 0.15) is 11.9 Å². The van der Waals surface area contributed by atoms with E-state index in [0.29, 0.717) is 31.0 Å². The Morgan fingerprint density at radius 2 is 1.90 bits per heavy atom. The summed E-state index contributed by atoms with van der Waals surface area (Å²) in [6, 6.07) is 9.41. The molecule has 0 heterocycles. The molecule has 4 heteroatoms. The first-order valence-corrected chi connectivity index (χ1v) is 11.5. The fourth-order valence-corrected chi connectivity index (χ4v) is 4.49. The van der Waals surface area contributed by atoms with E-state index >= 15 is 0 Å². The molecule has 1 aliphatic carbocycles. The number of hydrogen-bond donors (Lipinski definition) is 2. The molecule has 2 N–H and O–H groups in total. The molecule has 30 heavy (non-hydrogen) atoms. The third-order valence-electron chi connectivity index (χ3n) is 6.21. The average molecular weight is 413 g/mol. The smallest absolute Gasteiger partial charge is 0.310 e. The minimum absolute atomic E-state index is 0.102. The van der Waals surface area contributed by atoms with Gasteiger partial charge in [-0.2, -0.15) is 0 Å². The zero-order chi connectivity index (χ0) is 21.8. The Balaban J connectivity index is 1.72. The maximum Gasteiger partial charge on any atom is 0.310 e. The molecule has 2 unspecified atom stereocenters. The Kier molecular flexibility index (Phi) is 10.7. The van der Waals surface area contributed by atoms with Crippen molar-refractivity contribution >= 4 is 11.8 Å². The topological polar surface area (TPSA) is 74.6 Å². The maximum absolute atomic E-state index is 12.3. The van der Waals surface area contributed by atoms with Crippen LogP contribution >= 0.6 is 0 Å². The molecule has 0 bridgehead atoms. The normalized spacial score (nSPS) is 20.4. The van der Waals surface area contributed by atoms with Crippen molar-refractivity contribution in [1.82, 2.24) is 0 Å². The van der Waals surface area contributed by atoms with E-state index in [2.05, 4.69) is 18.8 Å². The highest BCUT2D eigenvalue weighted by Crippen LogP contribution is 2.36. The van der Waals surface area contributed by atoms with Crippen molar-refractivity contribution in [3.8, 4) is 11.8 Å². The van der Waals surface area contributed by atoms with Gasteiger partial charge in [0.15, 0.2) is 0 Å². The number of Topliss-reactive ketones (excluding diaryl/α,β-unsaturated/α-hetero) is 1. The van der Waals surface area contributed by atoms with E-state index in [-0.39, 0.29) is 5.92 Å². The number of aliphatic hydroxyl groups excluding tert-OH is 1. The molecule has 1 aromatic carbocycles. The quantitative estimate of drug-likeness (QED) is 0.359. The van der Waals surface area contributed by atoms with Gasteiger partial charge in [-0.1, -0.05) is 62.4 Å². The molecule has 1 aliphatic rings. The van der Waals surface area contributed by atoms with Crippen molar-refractivity contribution < 1.29 is 19.8 Å². The summed E-state index contributed by atoms with van der Waals surface area (Å²) in [4.78, 5) is 23.9. The molecule has 2 rings (SSSR count). The van der Waals surface area contributed by atoms with E-state index in [0.717, 1.165) is 56.9 Å². The lowest BCUT2D eigenvalue weighted by Gasteiger charge is -2.19.